The van der Waals surface area contributed by atoms with E-state index in [0.29, 0.717) is 54.9 Å². The number of halogens is 1. The largest absolute Gasteiger partial charge is 0.458 e. The summed E-state index contributed by atoms with van der Waals surface area (Å²) in [4.78, 5) is 24.1. The van der Waals surface area contributed by atoms with Gasteiger partial charge in [0, 0.05) is 29.9 Å². The van der Waals surface area contributed by atoms with Crippen molar-refractivity contribution in [3.8, 4) is 5.75 Å². The van der Waals surface area contributed by atoms with Crippen molar-refractivity contribution < 1.29 is 14.0 Å². The Morgan fingerprint density at radius 2 is 1.72 bits per heavy atom. The molecule has 1 aliphatic heterocycles. The summed E-state index contributed by atoms with van der Waals surface area (Å²) in [5.41, 5.74) is 1.66. The molecule has 4 aromatic rings. The Bertz CT molecular complexity index is 1480. The topological polar surface area (TPSA) is 84.7 Å². The number of benzene rings is 3. The molecule has 1 aliphatic rings. The van der Waals surface area contributed by atoms with E-state index in [4.69, 9.17) is 21.2 Å². The van der Waals surface area contributed by atoms with E-state index in [2.05, 4.69) is 0 Å². The molecule has 0 bridgehead atoms. The van der Waals surface area contributed by atoms with Gasteiger partial charge in [-0.25, -0.2) is 9.25 Å². The van der Waals surface area contributed by atoms with Gasteiger partial charge in [0.15, 0.2) is 0 Å². The zero-order valence-electron chi connectivity index (χ0n) is 19.7. The van der Waals surface area contributed by atoms with Crippen molar-refractivity contribution in [2.24, 2.45) is 0 Å². The van der Waals surface area contributed by atoms with Crippen molar-refractivity contribution >= 4 is 30.1 Å². The normalized spacial score (nSPS) is 18.4. The van der Waals surface area contributed by atoms with Crippen molar-refractivity contribution in [1.29, 1.82) is 0 Å². The molecule has 0 amide bonds. The average molecular weight is 524 g/mol. The van der Waals surface area contributed by atoms with Crippen LogP contribution >= 0.6 is 19.3 Å². The highest BCUT2D eigenvalue weighted by Crippen LogP contribution is 2.48. The SMILES string of the molecule is O=c1c2ccccc2c(Cc2cccc(Cl)c2)nn1C1CCCN(P(=O)(O)Oc2ccccc2)CC1. The van der Waals surface area contributed by atoms with Crippen LogP contribution in [0, 0.1) is 0 Å². The lowest BCUT2D eigenvalue weighted by molar-refractivity contribution is 0.277. The predicted octanol–water partition coefficient (Wildman–Crippen LogP) is 5.85. The summed E-state index contributed by atoms with van der Waals surface area (Å²) in [6.07, 6.45) is 2.35. The molecule has 0 spiro atoms. The maximum absolute atomic E-state index is 13.5. The Morgan fingerprint density at radius 3 is 2.50 bits per heavy atom. The number of fused-ring (bicyclic) bond motifs is 1. The molecule has 2 unspecified atom stereocenters. The first-order chi connectivity index (χ1) is 17.4. The highest BCUT2D eigenvalue weighted by molar-refractivity contribution is 7.50. The van der Waals surface area contributed by atoms with E-state index in [0.717, 1.165) is 16.6 Å². The highest BCUT2D eigenvalue weighted by atomic mass is 35.5. The molecule has 1 saturated heterocycles. The monoisotopic (exact) mass is 523 g/mol. The summed E-state index contributed by atoms with van der Waals surface area (Å²) >= 11 is 6.19. The van der Waals surface area contributed by atoms with Gasteiger partial charge in [0.05, 0.1) is 17.1 Å². The molecule has 9 heteroatoms. The van der Waals surface area contributed by atoms with Crippen LogP contribution in [0.25, 0.3) is 10.8 Å². The molecule has 0 radical (unpaired) electrons. The third kappa shape index (κ3) is 5.40. The Hall–Kier alpha value is -2.96. The quantitative estimate of drug-likeness (QED) is 0.319. The van der Waals surface area contributed by atoms with Crippen LogP contribution in [-0.4, -0.2) is 32.4 Å². The highest BCUT2D eigenvalue weighted by Gasteiger charge is 2.34. The first-order valence-corrected chi connectivity index (χ1v) is 13.9. The number of hydrogen-bond donors (Lipinski definition) is 1. The number of rotatable bonds is 6. The van der Waals surface area contributed by atoms with Crippen molar-refractivity contribution in [3.63, 3.8) is 0 Å². The summed E-state index contributed by atoms with van der Waals surface area (Å²) < 4.78 is 21.5. The average Bonchev–Trinajstić information content (AvgIpc) is 3.13. The number of aromatic nitrogens is 2. The van der Waals surface area contributed by atoms with Crippen LogP contribution in [0.15, 0.2) is 83.7 Å². The minimum Gasteiger partial charge on any atom is -0.413 e. The summed E-state index contributed by atoms with van der Waals surface area (Å²) in [7, 11) is -4.03. The van der Waals surface area contributed by atoms with Crippen molar-refractivity contribution in [2.45, 2.75) is 31.7 Å². The second-order valence-electron chi connectivity index (χ2n) is 8.98. The van der Waals surface area contributed by atoms with E-state index in [1.807, 2.05) is 54.6 Å². The van der Waals surface area contributed by atoms with Crippen molar-refractivity contribution in [2.75, 3.05) is 13.1 Å². The third-order valence-electron chi connectivity index (χ3n) is 6.51. The van der Waals surface area contributed by atoms with Gasteiger partial charge >= 0.3 is 7.75 Å². The van der Waals surface area contributed by atoms with Gasteiger partial charge in [-0.15, -0.1) is 0 Å². The van der Waals surface area contributed by atoms with E-state index in [1.54, 1.807) is 28.9 Å². The lowest BCUT2D eigenvalue weighted by Gasteiger charge is -2.25. The fourth-order valence-corrected chi connectivity index (χ4v) is 6.22. The second kappa shape index (κ2) is 10.6. The second-order valence-corrected chi connectivity index (χ2v) is 11.1. The van der Waals surface area contributed by atoms with Gasteiger partial charge in [-0.1, -0.05) is 60.1 Å². The fourth-order valence-electron chi connectivity index (χ4n) is 4.73. The Labute approximate surface area is 214 Å². The molecule has 1 fully saturated rings. The first-order valence-electron chi connectivity index (χ1n) is 12.0. The van der Waals surface area contributed by atoms with Crippen LogP contribution < -0.4 is 10.1 Å². The van der Waals surface area contributed by atoms with E-state index >= 15 is 0 Å². The van der Waals surface area contributed by atoms with E-state index in [1.165, 1.54) is 4.67 Å². The van der Waals surface area contributed by atoms with Crippen LogP contribution in [0.2, 0.25) is 5.02 Å². The summed E-state index contributed by atoms with van der Waals surface area (Å²) in [5, 5.41) is 6.92. The summed E-state index contributed by atoms with van der Waals surface area (Å²) in [6.45, 7) is 0.713. The smallest absolute Gasteiger partial charge is 0.413 e. The molecule has 0 saturated carbocycles. The lowest BCUT2D eigenvalue weighted by atomic mass is 10.0. The van der Waals surface area contributed by atoms with Crippen molar-refractivity contribution in [3.05, 3.63) is 105 Å². The van der Waals surface area contributed by atoms with E-state index in [-0.39, 0.29) is 11.6 Å². The molecule has 0 aliphatic carbocycles. The summed E-state index contributed by atoms with van der Waals surface area (Å²) in [5.74, 6) is 0.349. The van der Waals surface area contributed by atoms with Crippen LogP contribution in [0.3, 0.4) is 0 Å². The molecule has 2 heterocycles. The Kier molecular flexibility index (Phi) is 7.26. The maximum Gasteiger partial charge on any atom is 0.458 e. The molecule has 186 valence electrons. The molecule has 2 atom stereocenters. The first kappa shape index (κ1) is 24.7. The standard InChI is InChI=1S/C27H27ClN3O4P/c28-21-9-6-8-20(18-21)19-26-24-13-4-5-14-25(24)27(32)31(29-26)22-10-7-16-30(17-15-22)36(33,34)35-23-11-2-1-3-12-23/h1-6,8-9,11-14,18,22H,7,10,15-17,19H2,(H,33,34). The van der Waals surface area contributed by atoms with Crippen LogP contribution in [0.1, 0.15) is 36.6 Å². The fraction of sp³-hybridized carbons (Fsp3) is 0.259. The molecular weight excluding hydrogens is 497 g/mol. The van der Waals surface area contributed by atoms with Gasteiger partial charge in [0.2, 0.25) is 0 Å². The van der Waals surface area contributed by atoms with Gasteiger partial charge in [-0.3, -0.25) is 4.79 Å². The molecule has 1 N–H and O–H groups in total. The van der Waals surface area contributed by atoms with Crippen LogP contribution in [0.4, 0.5) is 0 Å². The van der Waals surface area contributed by atoms with Gasteiger partial charge < -0.3 is 9.42 Å². The zero-order chi connectivity index (χ0) is 25.1. The van der Waals surface area contributed by atoms with Gasteiger partial charge in [-0.2, -0.15) is 9.77 Å². The molecular formula is C27H27ClN3O4P. The van der Waals surface area contributed by atoms with Gasteiger partial charge in [0.1, 0.15) is 5.75 Å². The molecule has 3 aromatic carbocycles. The zero-order valence-corrected chi connectivity index (χ0v) is 21.3. The van der Waals surface area contributed by atoms with E-state index in [9.17, 15) is 14.3 Å². The number of nitrogens with zero attached hydrogens (tertiary/aromatic N) is 3. The molecule has 36 heavy (non-hydrogen) atoms. The lowest BCUT2D eigenvalue weighted by Crippen LogP contribution is -2.30. The molecule has 1 aromatic heterocycles. The molecule has 7 nitrogen and oxygen atoms in total. The Balaban J connectivity index is 1.42. The molecule has 5 rings (SSSR count). The van der Waals surface area contributed by atoms with Crippen LogP contribution in [0.5, 0.6) is 5.75 Å². The van der Waals surface area contributed by atoms with Gasteiger partial charge in [0.25, 0.3) is 5.56 Å². The van der Waals surface area contributed by atoms with E-state index < -0.39 is 7.75 Å². The summed E-state index contributed by atoms with van der Waals surface area (Å²) in [6, 6.07) is 23.6. The third-order valence-corrected chi connectivity index (χ3v) is 8.31. The number of hydrogen-bond acceptors (Lipinski definition) is 4. The number of para-hydroxylation sites is 1. The minimum atomic E-state index is -4.03. The minimum absolute atomic E-state index is 0.147. The van der Waals surface area contributed by atoms with Gasteiger partial charge in [-0.05, 0) is 55.2 Å². The Morgan fingerprint density at radius 1 is 0.972 bits per heavy atom. The van der Waals surface area contributed by atoms with Crippen molar-refractivity contribution in [1.82, 2.24) is 14.5 Å². The van der Waals surface area contributed by atoms with Crippen LogP contribution in [-0.2, 0) is 11.0 Å². The predicted molar refractivity (Wildman–Crippen MR) is 142 cm³/mol. The maximum atomic E-state index is 13.5.